The maximum atomic E-state index is 12.2. The van der Waals surface area contributed by atoms with Crippen LogP contribution in [-0.2, 0) is 4.79 Å². The van der Waals surface area contributed by atoms with Crippen LogP contribution in [0.15, 0.2) is 42.6 Å². The number of amides is 3. The van der Waals surface area contributed by atoms with E-state index in [1.807, 2.05) is 37.3 Å². The van der Waals surface area contributed by atoms with Crippen molar-refractivity contribution in [3.8, 4) is 0 Å². The first-order valence-corrected chi connectivity index (χ1v) is 8.71. The van der Waals surface area contributed by atoms with Gasteiger partial charge in [-0.2, -0.15) is 5.10 Å². The Hall–Kier alpha value is -3.42. The van der Waals surface area contributed by atoms with E-state index in [1.54, 1.807) is 26.1 Å². The zero-order chi connectivity index (χ0) is 19.4. The second kappa shape index (κ2) is 7.86. The molecule has 0 fully saturated rings. The largest absolute Gasteiger partial charge is 0.331 e. The summed E-state index contributed by atoms with van der Waals surface area (Å²) in [6.45, 7) is 5.52. The van der Waals surface area contributed by atoms with E-state index < -0.39 is 0 Å². The molecule has 140 valence electrons. The fourth-order valence-electron chi connectivity index (χ4n) is 2.51. The molecule has 0 aliphatic carbocycles. The first-order valence-electron chi connectivity index (χ1n) is 8.71. The summed E-state index contributed by atoms with van der Waals surface area (Å²) in [6.07, 6.45) is 1.56. The summed E-state index contributed by atoms with van der Waals surface area (Å²) in [5.41, 5.74) is 1.67. The molecule has 3 rings (SSSR count). The first-order chi connectivity index (χ1) is 12.9. The molecule has 1 unspecified atom stereocenters. The fourth-order valence-corrected chi connectivity index (χ4v) is 2.51. The number of hydrogen-bond acceptors (Lipinski definition) is 4. The number of anilines is 2. The number of fused-ring (bicyclic) bond motifs is 1. The molecule has 1 aromatic carbocycles. The molecule has 1 atom stereocenters. The molecule has 8 heteroatoms. The number of aromatic amines is 1. The van der Waals surface area contributed by atoms with E-state index in [-0.39, 0.29) is 23.9 Å². The quantitative estimate of drug-likeness (QED) is 0.554. The number of nitrogens with one attached hydrogen (secondary N) is 4. The highest BCUT2D eigenvalue weighted by Gasteiger charge is 2.14. The number of aromatic nitrogens is 3. The van der Waals surface area contributed by atoms with Crippen molar-refractivity contribution in [1.29, 1.82) is 0 Å². The number of nitrogens with zero attached hydrogens (tertiary/aromatic N) is 2. The summed E-state index contributed by atoms with van der Waals surface area (Å²) in [4.78, 5) is 28.3. The van der Waals surface area contributed by atoms with Crippen LogP contribution in [0, 0.1) is 5.92 Å². The average molecular weight is 366 g/mol. The topological polar surface area (TPSA) is 112 Å². The normalized spacial score (nSPS) is 12.0. The number of rotatable bonds is 5. The zero-order valence-electron chi connectivity index (χ0n) is 15.4. The van der Waals surface area contributed by atoms with Gasteiger partial charge in [0.2, 0.25) is 5.91 Å². The average Bonchev–Trinajstić information content (AvgIpc) is 3.04. The second-order valence-corrected chi connectivity index (χ2v) is 6.56. The van der Waals surface area contributed by atoms with E-state index in [0.717, 1.165) is 5.56 Å². The van der Waals surface area contributed by atoms with Crippen LogP contribution in [0.2, 0.25) is 0 Å². The van der Waals surface area contributed by atoms with Crippen LogP contribution in [0.3, 0.4) is 0 Å². The number of hydrogen-bond donors (Lipinski definition) is 4. The molecule has 3 amide bonds. The molecule has 2 heterocycles. The van der Waals surface area contributed by atoms with Crippen LogP contribution in [-0.4, -0.2) is 27.1 Å². The smallest absolute Gasteiger partial charge is 0.320 e. The lowest BCUT2D eigenvalue weighted by molar-refractivity contribution is -0.118. The molecule has 0 bridgehead atoms. The van der Waals surface area contributed by atoms with Gasteiger partial charge in [-0.25, -0.2) is 9.78 Å². The molecule has 0 saturated carbocycles. The van der Waals surface area contributed by atoms with Crippen LogP contribution >= 0.6 is 0 Å². The molecule has 0 aliphatic heterocycles. The van der Waals surface area contributed by atoms with Gasteiger partial charge in [0, 0.05) is 18.2 Å². The van der Waals surface area contributed by atoms with Gasteiger partial charge in [-0.05, 0) is 12.5 Å². The van der Waals surface area contributed by atoms with Gasteiger partial charge in [0.05, 0.1) is 16.9 Å². The highest BCUT2D eigenvalue weighted by Crippen LogP contribution is 2.22. The van der Waals surface area contributed by atoms with Crippen molar-refractivity contribution >= 4 is 34.5 Å². The number of benzene rings is 1. The highest BCUT2D eigenvalue weighted by molar-refractivity contribution is 6.01. The summed E-state index contributed by atoms with van der Waals surface area (Å²) < 4.78 is 0. The third-order valence-electron chi connectivity index (χ3n) is 4.10. The van der Waals surface area contributed by atoms with Crippen molar-refractivity contribution in [3.05, 3.63) is 48.2 Å². The van der Waals surface area contributed by atoms with Gasteiger partial charge in [0.15, 0.2) is 5.82 Å². The standard InChI is InChI=1S/C19H22N6O2/c1-11(2)18(26)23-17-14-10-20-16(9-15(14)24-25-17)22-19(27)21-12(3)13-7-5-4-6-8-13/h4-12H,1-3H3,(H2,20,21,22,27)(H2,23,24,25,26). The Morgan fingerprint density at radius 1 is 1.07 bits per heavy atom. The van der Waals surface area contributed by atoms with Crippen molar-refractivity contribution in [2.24, 2.45) is 5.92 Å². The molecule has 4 N–H and O–H groups in total. The molecule has 3 aromatic rings. The zero-order valence-corrected chi connectivity index (χ0v) is 15.4. The third-order valence-corrected chi connectivity index (χ3v) is 4.10. The minimum atomic E-state index is -0.356. The molecular formula is C19H22N6O2. The Morgan fingerprint density at radius 3 is 2.52 bits per heavy atom. The molecule has 0 aliphatic rings. The summed E-state index contributed by atoms with van der Waals surface area (Å²) in [6, 6.07) is 10.9. The van der Waals surface area contributed by atoms with Crippen LogP contribution in [0.25, 0.3) is 10.9 Å². The van der Waals surface area contributed by atoms with E-state index >= 15 is 0 Å². The second-order valence-electron chi connectivity index (χ2n) is 6.56. The Labute approximate surface area is 156 Å². The predicted molar refractivity (Wildman–Crippen MR) is 104 cm³/mol. The first kappa shape index (κ1) is 18.4. The highest BCUT2D eigenvalue weighted by atomic mass is 16.2. The van der Waals surface area contributed by atoms with Crippen molar-refractivity contribution in [1.82, 2.24) is 20.5 Å². The van der Waals surface area contributed by atoms with Gasteiger partial charge < -0.3 is 10.6 Å². The third kappa shape index (κ3) is 4.41. The van der Waals surface area contributed by atoms with Crippen LogP contribution in [0.1, 0.15) is 32.4 Å². The predicted octanol–water partition coefficient (Wildman–Crippen LogP) is 3.44. The Bertz CT molecular complexity index is 951. The number of pyridine rings is 1. The fraction of sp³-hybridized carbons (Fsp3) is 0.263. The van der Waals surface area contributed by atoms with E-state index in [2.05, 4.69) is 31.1 Å². The molecule has 0 radical (unpaired) electrons. The van der Waals surface area contributed by atoms with Crippen LogP contribution < -0.4 is 16.0 Å². The van der Waals surface area contributed by atoms with Crippen molar-refractivity contribution < 1.29 is 9.59 Å². The monoisotopic (exact) mass is 366 g/mol. The van der Waals surface area contributed by atoms with Gasteiger partial charge in [0.25, 0.3) is 0 Å². The lowest BCUT2D eigenvalue weighted by atomic mass is 10.1. The maximum absolute atomic E-state index is 12.2. The van der Waals surface area contributed by atoms with Crippen molar-refractivity contribution in [3.63, 3.8) is 0 Å². The number of urea groups is 1. The molecule has 8 nitrogen and oxygen atoms in total. The molecule has 27 heavy (non-hydrogen) atoms. The van der Waals surface area contributed by atoms with Gasteiger partial charge >= 0.3 is 6.03 Å². The molecular weight excluding hydrogens is 344 g/mol. The lowest BCUT2D eigenvalue weighted by Crippen LogP contribution is -2.31. The van der Waals surface area contributed by atoms with Crippen molar-refractivity contribution in [2.45, 2.75) is 26.8 Å². The summed E-state index contributed by atoms with van der Waals surface area (Å²) in [5.74, 6) is 0.524. The van der Waals surface area contributed by atoms with Crippen molar-refractivity contribution in [2.75, 3.05) is 10.6 Å². The lowest BCUT2D eigenvalue weighted by Gasteiger charge is -2.14. The van der Waals surface area contributed by atoms with E-state index in [4.69, 9.17) is 0 Å². The molecule has 2 aromatic heterocycles. The molecule has 0 spiro atoms. The van der Waals surface area contributed by atoms with E-state index in [1.165, 1.54) is 0 Å². The minimum Gasteiger partial charge on any atom is -0.331 e. The van der Waals surface area contributed by atoms with Crippen LogP contribution in [0.5, 0.6) is 0 Å². The van der Waals surface area contributed by atoms with Gasteiger partial charge in [-0.3, -0.25) is 15.2 Å². The number of carbonyl (C=O) groups excluding carboxylic acids is 2. The van der Waals surface area contributed by atoms with E-state index in [9.17, 15) is 9.59 Å². The van der Waals surface area contributed by atoms with Gasteiger partial charge in [0.1, 0.15) is 5.82 Å². The summed E-state index contributed by atoms with van der Waals surface area (Å²) in [5, 5.41) is 15.9. The SMILES string of the molecule is CC(C)C(=O)Nc1n[nH]c2cc(NC(=O)NC(C)c3ccccc3)ncc12. The maximum Gasteiger partial charge on any atom is 0.320 e. The van der Waals surface area contributed by atoms with Gasteiger partial charge in [-0.1, -0.05) is 44.2 Å². The Morgan fingerprint density at radius 2 is 1.81 bits per heavy atom. The minimum absolute atomic E-state index is 0.125. The summed E-state index contributed by atoms with van der Waals surface area (Å²) in [7, 11) is 0. The van der Waals surface area contributed by atoms with E-state index in [0.29, 0.717) is 22.5 Å². The number of carbonyl (C=O) groups is 2. The summed E-state index contributed by atoms with van der Waals surface area (Å²) >= 11 is 0. The molecule has 0 saturated heterocycles. The Kier molecular flexibility index (Phi) is 5.35. The number of H-pyrrole nitrogens is 1. The van der Waals surface area contributed by atoms with Gasteiger partial charge in [-0.15, -0.1) is 0 Å². The Balaban J connectivity index is 1.67. The van der Waals surface area contributed by atoms with Crippen LogP contribution in [0.4, 0.5) is 16.4 Å².